The number of nitrogens with one attached hydrogen (secondary N) is 1. The van der Waals surface area contributed by atoms with Crippen molar-refractivity contribution in [3.63, 3.8) is 0 Å². The molecule has 1 fully saturated rings. The number of likely N-dealkylation sites (tertiary alicyclic amines) is 1. The lowest BCUT2D eigenvalue weighted by Crippen LogP contribution is -2.34. The van der Waals surface area contributed by atoms with Gasteiger partial charge in [-0.15, -0.1) is 0 Å². The summed E-state index contributed by atoms with van der Waals surface area (Å²) in [7, 11) is 0. The van der Waals surface area contributed by atoms with Crippen LogP contribution in [0, 0.1) is 17.6 Å². The zero-order valence-electron chi connectivity index (χ0n) is 11.6. The van der Waals surface area contributed by atoms with E-state index >= 15 is 0 Å². The van der Waals surface area contributed by atoms with E-state index in [0.29, 0.717) is 12.1 Å². The third kappa shape index (κ3) is 4.02. The number of carboxylic acid groups (broad SMARTS) is 1. The molecule has 23 heavy (non-hydrogen) atoms. The van der Waals surface area contributed by atoms with Gasteiger partial charge < -0.3 is 20.1 Å². The summed E-state index contributed by atoms with van der Waals surface area (Å²) in [6, 6.07) is 0.0891. The quantitative estimate of drug-likeness (QED) is 0.828. The first kappa shape index (κ1) is 16.8. The molecule has 126 valence electrons. The number of aliphatic carboxylic acids is 1. The summed E-state index contributed by atoms with van der Waals surface area (Å²) < 4.78 is 55.0. The molecule has 1 unspecified atom stereocenters. The molecule has 1 saturated heterocycles. The smallest absolute Gasteiger partial charge is 0.387 e. The number of ether oxygens (including phenoxy) is 1. The van der Waals surface area contributed by atoms with E-state index < -0.39 is 47.6 Å². The Kier molecular flexibility index (Phi) is 4.92. The van der Waals surface area contributed by atoms with Crippen LogP contribution in [-0.4, -0.2) is 41.7 Å². The molecular formula is C13H12F4N2O4. The normalized spacial score (nSPS) is 17.4. The highest BCUT2D eigenvalue weighted by Crippen LogP contribution is 2.27. The number of carbonyl (C=O) groups excluding carboxylic acids is 1. The van der Waals surface area contributed by atoms with Crippen molar-refractivity contribution in [1.29, 1.82) is 0 Å². The molecule has 1 aromatic carbocycles. The number of carbonyl (C=O) groups is 2. The Morgan fingerprint density at radius 1 is 1.30 bits per heavy atom. The van der Waals surface area contributed by atoms with Crippen LogP contribution in [0.2, 0.25) is 0 Å². The summed E-state index contributed by atoms with van der Waals surface area (Å²) in [5, 5.41) is 10.9. The summed E-state index contributed by atoms with van der Waals surface area (Å²) >= 11 is 0. The van der Waals surface area contributed by atoms with Gasteiger partial charge in [0.2, 0.25) is 0 Å². The topological polar surface area (TPSA) is 78.9 Å². The fourth-order valence-electron chi connectivity index (χ4n) is 2.15. The molecule has 0 aliphatic carbocycles. The third-order valence-electron chi connectivity index (χ3n) is 3.30. The Morgan fingerprint density at radius 3 is 2.57 bits per heavy atom. The lowest BCUT2D eigenvalue weighted by molar-refractivity contribution is -0.141. The van der Waals surface area contributed by atoms with Crippen molar-refractivity contribution in [2.45, 2.75) is 13.0 Å². The molecular weight excluding hydrogens is 324 g/mol. The minimum Gasteiger partial charge on any atom is -0.481 e. The molecule has 6 nitrogen and oxygen atoms in total. The first-order chi connectivity index (χ1) is 10.8. The minimum atomic E-state index is -3.32. The highest BCUT2D eigenvalue weighted by Gasteiger charge is 2.31. The van der Waals surface area contributed by atoms with Gasteiger partial charge in [0, 0.05) is 25.2 Å². The maximum Gasteiger partial charge on any atom is 0.387 e. The van der Waals surface area contributed by atoms with Crippen molar-refractivity contribution < 1.29 is 37.0 Å². The molecule has 10 heteroatoms. The number of hydrogen-bond acceptors (Lipinski definition) is 3. The largest absolute Gasteiger partial charge is 0.481 e. The van der Waals surface area contributed by atoms with Crippen LogP contribution < -0.4 is 10.1 Å². The number of benzene rings is 1. The number of alkyl halides is 2. The highest BCUT2D eigenvalue weighted by atomic mass is 19.3. The second-order valence-electron chi connectivity index (χ2n) is 4.84. The maximum atomic E-state index is 13.7. The first-order valence-corrected chi connectivity index (χ1v) is 6.50. The van der Waals surface area contributed by atoms with Gasteiger partial charge in [-0.1, -0.05) is 0 Å². The predicted molar refractivity (Wildman–Crippen MR) is 69.3 cm³/mol. The van der Waals surface area contributed by atoms with Gasteiger partial charge in [-0.25, -0.2) is 13.6 Å². The molecule has 0 aromatic heterocycles. The van der Waals surface area contributed by atoms with Gasteiger partial charge in [0.1, 0.15) is 0 Å². The van der Waals surface area contributed by atoms with E-state index in [1.54, 1.807) is 0 Å². The molecule has 0 saturated carbocycles. The van der Waals surface area contributed by atoms with Crippen LogP contribution in [-0.2, 0) is 4.79 Å². The molecule has 1 aromatic rings. The summed E-state index contributed by atoms with van der Waals surface area (Å²) in [4.78, 5) is 23.8. The third-order valence-corrected chi connectivity index (χ3v) is 3.30. The van der Waals surface area contributed by atoms with Crippen molar-refractivity contribution in [3.8, 4) is 5.75 Å². The van der Waals surface area contributed by atoms with Gasteiger partial charge in [0.25, 0.3) is 0 Å². The van der Waals surface area contributed by atoms with Gasteiger partial charge >= 0.3 is 18.6 Å². The lowest BCUT2D eigenvalue weighted by atomic mass is 10.1. The summed E-state index contributed by atoms with van der Waals surface area (Å²) in [5.41, 5.74) is -0.562. The first-order valence-electron chi connectivity index (χ1n) is 6.50. The Hall–Kier alpha value is -2.52. The van der Waals surface area contributed by atoms with Crippen molar-refractivity contribution in [2.24, 2.45) is 5.92 Å². The van der Waals surface area contributed by atoms with E-state index in [1.165, 1.54) is 0 Å². The standard InChI is InChI=1S/C13H12F4N2O4/c14-7-4-10(23-12(16)17)8(15)3-9(7)18-13(22)19-2-1-6(5-19)11(20)21/h3-4,6,12H,1-2,5H2,(H,18,22)(H,20,21). The van der Waals surface area contributed by atoms with E-state index in [9.17, 15) is 27.2 Å². The molecule has 2 rings (SSSR count). The number of nitrogens with zero attached hydrogens (tertiary/aromatic N) is 1. The number of halogens is 4. The van der Waals surface area contributed by atoms with Crippen LogP contribution in [0.3, 0.4) is 0 Å². The minimum absolute atomic E-state index is 0.0577. The summed E-state index contributed by atoms with van der Waals surface area (Å²) in [6.45, 7) is -3.22. The van der Waals surface area contributed by atoms with Crippen molar-refractivity contribution in [2.75, 3.05) is 18.4 Å². The Bertz CT molecular complexity index is 626. The second-order valence-corrected chi connectivity index (χ2v) is 4.84. The fraction of sp³-hybridized carbons (Fsp3) is 0.385. The molecule has 0 spiro atoms. The molecule has 1 aliphatic heterocycles. The highest BCUT2D eigenvalue weighted by molar-refractivity contribution is 5.90. The van der Waals surface area contributed by atoms with E-state index in [-0.39, 0.29) is 19.5 Å². The van der Waals surface area contributed by atoms with E-state index in [4.69, 9.17) is 5.11 Å². The number of urea groups is 1. The molecule has 0 radical (unpaired) electrons. The number of anilines is 1. The number of amides is 2. The lowest BCUT2D eigenvalue weighted by Gasteiger charge is -2.17. The average molecular weight is 336 g/mol. The van der Waals surface area contributed by atoms with Gasteiger partial charge in [-0.05, 0) is 6.42 Å². The van der Waals surface area contributed by atoms with Crippen molar-refractivity contribution >= 4 is 17.7 Å². The Labute approximate surface area is 127 Å². The van der Waals surface area contributed by atoms with E-state index in [2.05, 4.69) is 10.1 Å². The summed E-state index contributed by atoms with van der Waals surface area (Å²) in [5.74, 6) is -5.19. The van der Waals surface area contributed by atoms with Gasteiger partial charge in [-0.3, -0.25) is 4.79 Å². The van der Waals surface area contributed by atoms with E-state index in [1.807, 2.05) is 0 Å². The van der Waals surface area contributed by atoms with Crippen molar-refractivity contribution in [3.05, 3.63) is 23.8 Å². The monoisotopic (exact) mass is 336 g/mol. The van der Waals surface area contributed by atoms with Crippen molar-refractivity contribution in [1.82, 2.24) is 4.90 Å². The summed E-state index contributed by atoms with van der Waals surface area (Å²) in [6.07, 6.45) is 0.251. The Balaban J connectivity index is 2.07. The molecule has 1 aliphatic rings. The van der Waals surface area contributed by atoms with Crippen LogP contribution in [0.4, 0.5) is 28.0 Å². The Morgan fingerprint density at radius 2 is 2.00 bits per heavy atom. The fourth-order valence-corrected chi connectivity index (χ4v) is 2.15. The number of carboxylic acids is 1. The van der Waals surface area contributed by atoms with Gasteiger partial charge in [0.05, 0.1) is 11.6 Å². The number of rotatable bonds is 4. The molecule has 1 heterocycles. The van der Waals surface area contributed by atoms with Crippen LogP contribution in [0.15, 0.2) is 12.1 Å². The molecule has 2 N–H and O–H groups in total. The van der Waals surface area contributed by atoms with E-state index in [0.717, 1.165) is 4.90 Å². The van der Waals surface area contributed by atoms with Crippen LogP contribution in [0.25, 0.3) is 0 Å². The van der Waals surface area contributed by atoms with Crippen LogP contribution in [0.1, 0.15) is 6.42 Å². The van der Waals surface area contributed by atoms with Crippen LogP contribution >= 0.6 is 0 Å². The van der Waals surface area contributed by atoms with Gasteiger partial charge in [0.15, 0.2) is 17.4 Å². The predicted octanol–water partition coefficient (Wildman–Crippen LogP) is 2.50. The maximum absolute atomic E-state index is 13.7. The second kappa shape index (κ2) is 6.71. The average Bonchev–Trinajstić information content (AvgIpc) is 2.93. The SMILES string of the molecule is O=C(O)C1CCN(C(=O)Nc2cc(F)c(OC(F)F)cc2F)C1. The zero-order valence-corrected chi connectivity index (χ0v) is 11.6. The molecule has 0 bridgehead atoms. The number of hydrogen-bond donors (Lipinski definition) is 2. The van der Waals surface area contributed by atoms with Gasteiger partial charge in [-0.2, -0.15) is 8.78 Å². The zero-order chi connectivity index (χ0) is 17.1. The van der Waals surface area contributed by atoms with Crippen LogP contribution in [0.5, 0.6) is 5.75 Å². The molecule has 1 atom stereocenters. The molecule has 2 amide bonds.